The van der Waals surface area contributed by atoms with Crippen molar-refractivity contribution >= 4 is 23.2 Å². The lowest BCUT2D eigenvalue weighted by Crippen LogP contribution is -2.31. The first-order valence-corrected chi connectivity index (χ1v) is 9.38. The summed E-state index contributed by atoms with van der Waals surface area (Å²) in [7, 11) is 0. The van der Waals surface area contributed by atoms with Crippen molar-refractivity contribution in [1.29, 1.82) is 0 Å². The van der Waals surface area contributed by atoms with E-state index < -0.39 is 0 Å². The lowest BCUT2D eigenvalue weighted by atomic mass is 10.1. The molecule has 3 aromatic carbocycles. The van der Waals surface area contributed by atoms with E-state index in [0.29, 0.717) is 22.9 Å². The third-order valence-corrected chi connectivity index (χ3v) is 5.34. The summed E-state index contributed by atoms with van der Waals surface area (Å²) in [5.41, 5.74) is 3.40. The molecule has 28 heavy (non-hydrogen) atoms. The first-order valence-electron chi connectivity index (χ1n) is 9.00. The number of hydrogen-bond acceptors (Lipinski definition) is 4. The van der Waals surface area contributed by atoms with Crippen LogP contribution in [0.3, 0.4) is 0 Å². The van der Waals surface area contributed by atoms with Crippen LogP contribution in [0.25, 0.3) is 0 Å². The van der Waals surface area contributed by atoms with Gasteiger partial charge in [0.15, 0.2) is 11.5 Å². The second-order valence-corrected chi connectivity index (χ2v) is 7.14. The highest BCUT2D eigenvalue weighted by Crippen LogP contribution is 2.38. The molecule has 0 fully saturated rings. The van der Waals surface area contributed by atoms with E-state index in [4.69, 9.17) is 21.1 Å². The second kappa shape index (κ2) is 6.77. The fourth-order valence-electron chi connectivity index (χ4n) is 3.65. The third-order valence-electron chi connectivity index (χ3n) is 5.01. The fraction of sp³-hybridized carbons (Fsp3) is 0.136. The van der Waals surface area contributed by atoms with Crippen LogP contribution in [-0.4, -0.2) is 17.6 Å². The van der Waals surface area contributed by atoms with Crippen LogP contribution in [-0.2, 0) is 6.54 Å². The number of amides is 1. The summed E-state index contributed by atoms with van der Waals surface area (Å²) in [5, 5.41) is 4.05. The Balaban J connectivity index is 1.50. The van der Waals surface area contributed by atoms with Gasteiger partial charge in [-0.25, -0.2) is 0 Å². The Morgan fingerprint density at radius 1 is 1.00 bits per heavy atom. The Kier molecular flexibility index (Phi) is 4.10. The number of ether oxygens (including phenoxy) is 2. The molecule has 0 aromatic heterocycles. The number of para-hydroxylation sites is 1. The number of anilines is 1. The normalized spacial score (nSPS) is 17.0. The molecule has 5 rings (SSSR count). The van der Waals surface area contributed by atoms with E-state index >= 15 is 0 Å². The number of fused-ring (bicyclic) bond motifs is 2. The average Bonchev–Trinajstić information content (AvgIpc) is 3.28. The average molecular weight is 393 g/mol. The zero-order valence-corrected chi connectivity index (χ0v) is 15.6. The zero-order chi connectivity index (χ0) is 19.1. The van der Waals surface area contributed by atoms with E-state index in [9.17, 15) is 4.79 Å². The van der Waals surface area contributed by atoms with Crippen LogP contribution in [0.15, 0.2) is 66.7 Å². The number of hydrogen-bond donors (Lipinski definition) is 1. The first kappa shape index (κ1) is 17.0. The quantitative estimate of drug-likeness (QED) is 0.690. The van der Waals surface area contributed by atoms with Crippen molar-refractivity contribution < 1.29 is 14.3 Å². The molecule has 0 spiro atoms. The molecule has 2 heterocycles. The van der Waals surface area contributed by atoms with Crippen LogP contribution >= 0.6 is 11.6 Å². The molecule has 0 saturated heterocycles. The Labute approximate surface area is 167 Å². The van der Waals surface area contributed by atoms with Crippen molar-refractivity contribution in [2.45, 2.75) is 12.7 Å². The van der Waals surface area contributed by atoms with Gasteiger partial charge in [-0.1, -0.05) is 48.0 Å². The number of nitrogens with zero attached hydrogens (tertiary/aromatic N) is 1. The van der Waals surface area contributed by atoms with Crippen LogP contribution < -0.4 is 14.8 Å². The van der Waals surface area contributed by atoms with Crippen molar-refractivity contribution in [3.05, 3.63) is 88.4 Å². The van der Waals surface area contributed by atoms with Gasteiger partial charge in [-0.3, -0.25) is 4.79 Å². The molecule has 1 atom stereocenters. The standard InChI is InChI=1S/C22H17ClN2O3/c23-17-7-3-4-8-18(17)24-21-15-5-1-2-6-16(15)22(26)25(21)12-14-9-10-19-20(11-14)28-13-27-19/h1-11,21,24H,12-13H2. The summed E-state index contributed by atoms with van der Waals surface area (Å²) >= 11 is 6.34. The Morgan fingerprint density at radius 3 is 2.68 bits per heavy atom. The summed E-state index contributed by atoms with van der Waals surface area (Å²) in [6.07, 6.45) is -0.311. The summed E-state index contributed by atoms with van der Waals surface area (Å²) in [5.74, 6) is 1.42. The van der Waals surface area contributed by atoms with E-state index in [2.05, 4.69) is 5.32 Å². The van der Waals surface area contributed by atoms with E-state index in [1.165, 1.54) is 0 Å². The lowest BCUT2D eigenvalue weighted by molar-refractivity contribution is 0.0728. The van der Waals surface area contributed by atoms with Crippen LogP contribution in [0.2, 0.25) is 5.02 Å². The Morgan fingerprint density at radius 2 is 1.79 bits per heavy atom. The largest absolute Gasteiger partial charge is 0.454 e. The monoisotopic (exact) mass is 392 g/mol. The van der Waals surface area contributed by atoms with Gasteiger partial charge in [0, 0.05) is 17.7 Å². The maximum atomic E-state index is 13.1. The van der Waals surface area contributed by atoms with Crippen LogP contribution in [0.1, 0.15) is 27.7 Å². The molecular weight excluding hydrogens is 376 g/mol. The van der Waals surface area contributed by atoms with Crippen LogP contribution in [0.4, 0.5) is 5.69 Å². The van der Waals surface area contributed by atoms with Gasteiger partial charge in [0.25, 0.3) is 5.91 Å². The second-order valence-electron chi connectivity index (χ2n) is 6.73. The predicted molar refractivity (Wildman–Crippen MR) is 107 cm³/mol. The minimum Gasteiger partial charge on any atom is -0.454 e. The van der Waals surface area contributed by atoms with Crippen molar-refractivity contribution in [2.75, 3.05) is 12.1 Å². The summed E-state index contributed by atoms with van der Waals surface area (Å²) in [4.78, 5) is 14.9. The van der Waals surface area contributed by atoms with Gasteiger partial charge in [0.05, 0.1) is 10.7 Å². The molecule has 0 radical (unpaired) electrons. The summed E-state index contributed by atoms with van der Waals surface area (Å²) < 4.78 is 10.9. The van der Waals surface area contributed by atoms with Gasteiger partial charge in [0.1, 0.15) is 6.17 Å². The van der Waals surface area contributed by atoms with Gasteiger partial charge in [-0.15, -0.1) is 0 Å². The number of carbonyl (C=O) groups excluding carboxylic acids is 1. The van der Waals surface area contributed by atoms with E-state index in [1.807, 2.05) is 71.6 Å². The SMILES string of the molecule is O=C1c2ccccc2C(Nc2ccccc2Cl)N1Cc1ccc2c(c1)OCO2. The van der Waals surface area contributed by atoms with Crippen LogP contribution in [0.5, 0.6) is 11.5 Å². The fourth-order valence-corrected chi connectivity index (χ4v) is 3.84. The van der Waals surface area contributed by atoms with E-state index in [-0.39, 0.29) is 18.9 Å². The number of benzene rings is 3. The Hall–Kier alpha value is -3.18. The van der Waals surface area contributed by atoms with Gasteiger partial charge in [-0.2, -0.15) is 0 Å². The van der Waals surface area contributed by atoms with Gasteiger partial charge < -0.3 is 19.7 Å². The molecule has 1 amide bonds. The van der Waals surface area contributed by atoms with Crippen LogP contribution in [0, 0.1) is 0 Å². The minimum absolute atomic E-state index is 0.0159. The summed E-state index contributed by atoms with van der Waals surface area (Å²) in [6, 6.07) is 20.9. The highest BCUT2D eigenvalue weighted by Gasteiger charge is 2.36. The number of nitrogens with one attached hydrogen (secondary N) is 1. The van der Waals surface area contributed by atoms with Crippen molar-refractivity contribution in [3.63, 3.8) is 0 Å². The molecule has 0 bridgehead atoms. The molecule has 3 aromatic rings. The molecule has 1 N–H and O–H groups in total. The molecule has 1 unspecified atom stereocenters. The molecule has 2 aliphatic rings. The molecule has 140 valence electrons. The van der Waals surface area contributed by atoms with Gasteiger partial charge in [0.2, 0.25) is 6.79 Å². The zero-order valence-electron chi connectivity index (χ0n) is 14.9. The molecule has 6 heteroatoms. The summed E-state index contributed by atoms with van der Waals surface area (Å²) in [6.45, 7) is 0.663. The van der Waals surface area contributed by atoms with E-state index in [0.717, 1.165) is 22.6 Å². The highest BCUT2D eigenvalue weighted by atomic mass is 35.5. The smallest absolute Gasteiger partial charge is 0.256 e. The first-order chi connectivity index (χ1) is 13.7. The molecule has 0 saturated carbocycles. The molecule has 2 aliphatic heterocycles. The maximum Gasteiger partial charge on any atom is 0.256 e. The number of carbonyl (C=O) groups is 1. The van der Waals surface area contributed by atoms with Crippen molar-refractivity contribution in [1.82, 2.24) is 4.90 Å². The topological polar surface area (TPSA) is 50.8 Å². The number of rotatable bonds is 4. The van der Waals surface area contributed by atoms with Gasteiger partial charge in [-0.05, 0) is 35.9 Å². The minimum atomic E-state index is -0.311. The maximum absolute atomic E-state index is 13.1. The number of halogens is 1. The van der Waals surface area contributed by atoms with Crippen molar-refractivity contribution in [2.24, 2.45) is 0 Å². The molecule has 0 aliphatic carbocycles. The van der Waals surface area contributed by atoms with Gasteiger partial charge >= 0.3 is 0 Å². The Bertz CT molecular complexity index is 1070. The van der Waals surface area contributed by atoms with E-state index in [1.54, 1.807) is 0 Å². The highest BCUT2D eigenvalue weighted by molar-refractivity contribution is 6.33. The molecule has 5 nitrogen and oxygen atoms in total. The lowest BCUT2D eigenvalue weighted by Gasteiger charge is -2.27. The van der Waals surface area contributed by atoms with Crippen molar-refractivity contribution in [3.8, 4) is 11.5 Å². The predicted octanol–water partition coefficient (Wildman–Crippen LogP) is 4.84. The molecular formula is C22H17ClN2O3. The third kappa shape index (κ3) is 2.84.